The van der Waals surface area contributed by atoms with Crippen molar-refractivity contribution >= 4 is 10.9 Å². The molecule has 25 heavy (non-hydrogen) atoms. The first-order chi connectivity index (χ1) is 12.2. The molecule has 4 aromatic rings. The summed E-state index contributed by atoms with van der Waals surface area (Å²) in [5.74, 6) is 0.527. The van der Waals surface area contributed by atoms with Crippen LogP contribution in [0.1, 0.15) is 5.56 Å². The second-order valence-corrected chi connectivity index (χ2v) is 5.58. The van der Waals surface area contributed by atoms with E-state index in [-0.39, 0.29) is 5.56 Å². The van der Waals surface area contributed by atoms with Crippen LogP contribution in [0.15, 0.2) is 71.8 Å². The number of aromatic nitrogens is 3. The highest BCUT2D eigenvalue weighted by Gasteiger charge is 2.06. The number of aromatic amines is 1. The van der Waals surface area contributed by atoms with Gasteiger partial charge in [0.15, 0.2) is 0 Å². The fraction of sp³-hybridized carbons (Fsp3) is 0. The lowest BCUT2D eigenvalue weighted by Crippen LogP contribution is -2.09. The molecule has 5 heteroatoms. The summed E-state index contributed by atoms with van der Waals surface area (Å²) in [5.41, 5.74) is 3.65. The molecular weight excluding hydrogens is 312 g/mol. The van der Waals surface area contributed by atoms with E-state index in [1.165, 1.54) is 6.20 Å². The molecule has 0 fully saturated rings. The van der Waals surface area contributed by atoms with Crippen LogP contribution < -0.4 is 5.56 Å². The van der Waals surface area contributed by atoms with E-state index in [9.17, 15) is 4.79 Å². The minimum absolute atomic E-state index is 0.157. The number of hydrogen-bond donors (Lipinski definition) is 1. The van der Waals surface area contributed by atoms with Crippen LogP contribution >= 0.6 is 0 Å². The van der Waals surface area contributed by atoms with Crippen molar-refractivity contribution in [2.24, 2.45) is 0 Å². The van der Waals surface area contributed by atoms with E-state index in [0.29, 0.717) is 22.3 Å². The first kappa shape index (κ1) is 14.8. The zero-order valence-corrected chi connectivity index (χ0v) is 13.1. The Bertz CT molecular complexity index is 1170. The molecule has 0 saturated carbocycles. The molecule has 2 heterocycles. The van der Waals surface area contributed by atoms with E-state index in [2.05, 4.69) is 21.0 Å². The number of fused-ring (bicyclic) bond motifs is 1. The third kappa shape index (κ3) is 2.77. The van der Waals surface area contributed by atoms with Crippen molar-refractivity contribution in [2.45, 2.75) is 0 Å². The Balaban J connectivity index is 1.75. The van der Waals surface area contributed by atoms with Crippen LogP contribution in [0.3, 0.4) is 0 Å². The number of nitrogens with one attached hydrogen (secondary N) is 1. The molecule has 5 nitrogen and oxygen atoms in total. The predicted molar refractivity (Wildman–Crippen MR) is 95.7 cm³/mol. The van der Waals surface area contributed by atoms with E-state index in [1.54, 1.807) is 18.3 Å². The van der Waals surface area contributed by atoms with Crippen molar-refractivity contribution in [3.05, 3.63) is 82.9 Å². The predicted octanol–water partition coefficient (Wildman–Crippen LogP) is 3.52. The van der Waals surface area contributed by atoms with Gasteiger partial charge in [0.1, 0.15) is 11.9 Å². The molecule has 1 N–H and O–H groups in total. The molecule has 0 aliphatic rings. The monoisotopic (exact) mass is 324 g/mol. The number of rotatable bonds is 2. The van der Waals surface area contributed by atoms with Gasteiger partial charge in [0, 0.05) is 23.5 Å². The molecule has 0 unspecified atom stereocenters. The molecular formula is C20H12N4O. The van der Waals surface area contributed by atoms with Crippen LogP contribution in [0.25, 0.3) is 33.4 Å². The molecule has 2 aromatic heterocycles. The smallest absolute Gasteiger partial charge is 0.259 e. The van der Waals surface area contributed by atoms with Gasteiger partial charge in [0.25, 0.3) is 5.56 Å². The molecule has 2 aromatic carbocycles. The zero-order chi connectivity index (χ0) is 17.2. The zero-order valence-electron chi connectivity index (χ0n) is 13.1. The summed E-state index contributed by atoms with van der Waals surface area (Å²) < 4.78 is 0. The third-order valence-electron chi connectivity index (χ3n) is 3.97. The highest BCUT2D eigenvalue weighted by molar-refractivity contribution is 5.79. The average Bonchev–Trinajstić information content (AvgIpc) is 2.68. The Labute approximate surface area is 143 Å². The summed E-state index contributed by atoms with van der Waals surface area (Å²) in [4.78, 5) is 23.6. The topological polar surface area (TPSA) is 82.4 Å². The molecule has 0 bridgehead atoms. The van der Waals surface area contributed by atoms with Gasteiger partial charge in [-0.15, -0.1) is 0 Å². The van der Waals surface area contributed by atoms with Gasteiger partial charge in [-0.2, -0.15) is 5.26 Å². The Morgan fingerprint density at radius 2 is 1.68 bits per heavy atom. The summed E-state index contributed by atoms with van der Waals surface area (Å²) in [6.45, 7) is 0. The molecule has 0 radical (unpaired) electrons. The first-order valence-corrected chi connectivity index (χ1v) is 7.69. The van der Waals surface area contributed by atoms with Gasteiger partial charge in [0.05, 0.1) is 16.5 Å². The standard InChI is InChI=1S/C20H12N4O/c21-10-13-9-16(12-22-11-13)14-5-7-15(8-6-14)19-23-18-4-2-1-3-17(18)20(25)24-19/h1-9,11-12H,(H,23,24,25). The van der Waals surface area contributed by atoms with Gasteiger partial charge in [-0.1, -0.05) is 36.4 Å². The maximum absolute atomic E-state index is 12.2. The number of nitrogens with zero attached hydrogens (tertiary/aromatic N) is 3. The maximum Gasteiger partial charge on any atom is 0.259 e. The summed E-state index contributed by atoms with van der Waals surface area (Å²) >= 11 is 0. The molecule has 0 aliphatic carbocycles. The van der Waals surface area contributed by atoms with Crippen molar-refractivity contribution in [2.75, 3.05) is 0 Å². The number of nitriles is 1. The summed E-state index contributed by atoms with van der Waals surface area (Å²) in [5, 5.41) is 9.55. The molecule has 0 amide bonds. The minimum Gasteiger partial charge on any atom is -0.306 e. The van der Waals surface area contributed by atoms with Crippen molar-refractivity contribution < 1.29 is 0 Å². The van der Waals surface area contributed by atoms with Gasteiger partial charge < -0.3 is 4.98 Å². The lowest BCUT2D eigenvalue weighted by molar-refractivity contribution is 1.18. The van der Waals surface area contributed by atoms with E-state index in [0.717, 1.165) is 16.7 Å². The fourth-order valence-corrected chi connectivity index (χ4v) is 2.70. The number of pyridine rings is 1. The van der Waals surface area contributed by atoms with Crippen LogP contribution in [0.4, 0.5) is 0 Å². The maximum atomic E-state index is 12.2. The second-order valence-electron chi connectivity index (χ2n) is 5.58. The molecule has 118 valence electrons. The largest absolute Gasteiger partial charge is 0.306 e. The van der Waals surface area contributed by atoms with Crippen LogP contribution in [0.2, 0.25) is 0 Å². The van der Waals surface area contributed by atoms with Gasteiger partial charge in [-0.25, -0.2) is 4.98 Å². The second kappa shape index (κ2) is 6.02. The van der Waals surface area contributed by atoms with Crippen LogP contribution in [0.5, 0.6) is 0 Å². The molecule has 4 rings (SSSR count). The Hall–Kier alpha value is -3.78. The molecule has 0 atom stereocenters. The van der Waals surface area contributed by atoms with Crippen LogP contribution in [-0.4, -0.2) is 15.0 Å². The lowest BCUT2D eigenvalue weighted by Gasteiger charge is -2.05. The average molecular weight is 324 g/mol. The molecule has 0 spiro atoms. The summed E-state index contributed by atoms with van der Waals surface area (Å²) in [6.07, 6.45) is 3.24. The third-order valence-corrected chi connectivity index (χ3v) is 3.97. The van der Waals surface area contributed by atoms with E-state index in [1.807, 2.05) is 42.5 Å². The van der Waals surface area contributed by atoms with Crippen molar-refractivity contribution in [3.8, 4) is 28.6 Å². The Morgan fingerprint density at radius 3 is 2.48 bits per heavy atom. The number of para-hydroxylation sites is 1. The van der Waals surface area contributed by atoms with Gasteiger partial charge >= 0.3 is 0 Å². The Kier molecular flexibility index (Phi) is 3.56. The van der Waals surface area contributed by atoms with Crippen LogP contribution in [0, 0.1) is 11.3 Å². The summed E-state index contributed by atoms with van der Waals surface area (Å²) in [7, 11) is 0. The number of benzene rings is 2. The SMILES string of the molecule is N#Cc1cncc(-c2ccc(-c3nc4ccccc4c(=O)[nH]3)cc2)c1. The van der Waals surface area contributed by atoms with Gasteiger partial charge in [-0.3, -0.25) is 9.78 Å². The number of H-pyrrole nitrogens is 1. The number of hydrogen-bond acceptors (Lipinski definition) is 4. The van der Waals surface area contributed by atoms with Gasteiger partial charge in [-0.05, 0) is 23.8 Å². The lowest BCUT2D eigenvalue weighted by atomic mass is 10.0. The van der Waals surface area contributed by atoms with Crippen molar-refractivity contribution in [1.29, 1.82) is 5.26 Å². The van der Waals surface area contributed by atoms with Crippen molar-refractivity contribution in [3.63, 3.8) is 0 Å². The minimum atomic E-state index is -0.157. The Morgan fingerprint density at radius 1 is 0.920 bits per heavy atom. The highest BCUT2D eigenvalue weighted by Crippen LogP contribution is 2.23. The van der Waals surface area contributed by atoms with Gasteiger partial charge in [0.2, 0.25) is 0 Å². The normalized spacial score (nSPS) is 10.5. The highest BCUT2D eigenvalue weighted by atomic mass is 16.1. The van der Waals surface area contributed by atoms with E-state index in [4.69, 9.17) is 5.26 Å². The van der Waals surface area contributed by atoms with E-state index >= 15 is 0 Å². The molecule has 0 aliphatic heterocycles. The van der Waals surface area contributed by atoms with E-state index < -0.39 is 0 Å². The fourth-order valence-electron chi connectivity index (χ4n) is 2.70. The van der Waals surface area contributed by atoms with Crippen LogP contribution in [-0.2, 0) is 0 Å². The summed E-state index contributed by atoms with van der Waals surface area (Å²) in [6, 6.07) is 18.7. The quantitative estimate of drug-likeness (QED) is 0.611. The van der Waals surface area contributed by atoms with Crippen molar-refractivity contribution in [1.82, 2.24) is 15.0 Å². The first-order valence-electron chi connectivity index (χ1n) is 7.69. The molecule has 0 saturated heterocycles.